The first-order valence-electron chi connectivity index (χ1n) is 9.00. The van der Waals surface area contributed by atoms with Gasteiger partial charge in [-0.2, -0.15) is 0 Å². The summed E-state index contributed by atoms with van der Waals surface area (Å²) in [7, 11) is 1.59. The fourth-order valence-corrected chi connectivity index (χ4v) is 3.48. The molecule has 6 nitrogen and oxygen atoms in total. The van der Waals surface area contributed by atoms with E-state index in [9.17, 15) is 5.11 Å². The fourth-order valence-electron chi connectivity index (χ4n) is 3.48. The number of hydrogen-bond acceptors (Lipinski definition) is 6. The van der Waals surface area contributed by atoms with Gasteiger partial charge in [-0.05, 0) is 37.0 Å². The molecule has 4 unspecified atom stereocenters. The van der Waals surface area contributed by atoms with Crippen molar-refractivity contribution < 1.29 is 14.6 Å². The predicted molar refractivity (Wildman–Crippen MR) is 96.6 cm³/mol. The van der Waals surface area contributed by atoms with E-state index in [0.29, 0.717) is 12.3 Å². The van der Waals surface area contributed by atoms with E-state index in [1.54, 1.807) is 19.4 Å². The van der Waals surface area contributed by atoms with Gasteiger partial charge in [0.05, 0.1) is 36.5 Å². The lowest BCUT2D eigenvalue weighted by Gasteiger charge is -2.37. The van der Waals surface area contributed by atoms with Crippen LogP contribution in [-0.2, 0) is 11.2 Å². The van der Waals surface area contributed by atoms with Gasteiger partial charge in [-0.3, -0.25) is 4.98 Å². The molecule has 136 valence electrons. The van der Waals surface area contributed by atoms with Crippen molar-refractivity contribution in [1.82, 2.24) is 9.97 Å². The van der Waals surface area contributed by atoms with E-state index in [1.807, 2.05) is 12.1 Å². The molecule has 0 saturated carbocycles. The maximum Gasteiger partial charge on any atom is 0.213 e. The highest BCUT2D eigenvalue weighted by molar-refractivity contribution is 5.78. The van der Waals surface area contributed by atoms with Crippen molar-refractivity contribution in [2.75, 3.05) is 7.11 Å². The molecule has 1 aliphatic heterocycles. The van der Waals surface area contributed by atoms with Gasteiger partial charge < -0.3 is 20.3 Å². The highest BCUT2D eigenvalue weighted by atomic mass is 16.5. The second kappa shape index (κ2) is 8.08. The van der Waals surface area contributed by atoms with Crippen molar-refractivity contribution in [2.24, 2.45) is 5.73 Å². The molecule has 0 amide bonds. The highest BCUT2D eigenvalue weighted by Gasteiger charge is 2.32. The van der Waals surface area contributed by atoms with E-state index in [2.05, 4.69) is 16.9 Å². The molecule has 0 spiro atoms. The van der Waals surface area contributed by atoms with Crippen LogP contribution >= 0.6 is 0 Å². The zero-order chi connectivity index (χ0) is 17.8. The molecule has 0 bridgehead atoms. The van der Waals surface area contributed by atoms with Gasteiger partial charge in [-0.1, -0.05) is 13.3 Å². The third-order valence-electron chi connectivity index (χ3n) is 4.89. The van der Waals surface area contributed by atoms with Crippen LogP contribution in [0.3, 0.4) is 0 Å². The predicted octanol–water partition coefficient (Wildman–Crippen LogP) is 2.22. The average molecular weight is 345 g/mol. The zero-order valence-corrected chi connectivity index (χ0v) is 14.9. The minimum atomic E-state index is -0.592. The van der Waals surface area contributed by atoms with Crippen molar-refractivity contribution >= 4 is 11.0 Å². The lowest BCUT2D eigenvalue weighted by Crippen LogP contribution is -2.48. The SMILES string of the molecule is CCCC1OC(C(O)Cc2ccnc3ccc(OC)nc23)CCC1N. The van der Waals surface area contributed by atoms with Crippen molar-refractivity contribution in [1.29, 1.82) is 0 Å². The van der Waals surface area contributed by atoms with Gasteiger partial charge >= 0.3 is 0 Å². The van der Waals surface area contributed by atoms with Crippen molar-refractivity contribution in [3.05, 3.63) is 30.0 Å². The van der Waals surface area contributed by atoms with Crippen LogP contribution in [0.1, 0.15) is 38.2 Å². The van der Waals surface area contributed by atoms with Crippen LogP contribution in [-0.4, -0.2) is 46.5 Å². The third-order valence-corrected chi connectivity index (χ3v) is 4.89. The molecule has 6 heteroatoms. The van der Waals surface area contributed by atoms with Crippen LogP contribution in [0.2, 0.25) is 0 Å². The molecule has 2 aromatic rings. The Morgan fingerprint density at radius 2 is 2.20 bits per heavy atom. The van der Waals surface area contributed by atoms with E-state index in [0.717, 1.165) is 42.3 Å². The Morgan fingerprint density at radius 1 is 1.36 bits per heavy atom. The van der Waals surface area contributed by atoms with Gasteiger partial charge in [0.25, 0.3) is 0 Å². The largest absolute Gasteiger partial charge is 0.481 e. The summed E-state index contributed by atoms with van der Waals surface area (Å²) in [4.78, 5) is 8.83. The molecule has 3 N–H and O–H groups in total. The molecular weight excluding hydrogens is 318 g/mol. The molecule has 25 heavy (non-hydrogen) atoms. The molecule has 3 rings (SSSR count). The number of fused-ring (bicyclic) bond motifs is 1. The number of aliphatic hydroxyl groups is 1. The first kappa shape index (κ1) is 18.0. The summed E-state index contributed by atoms with van der Waals surface area (Å²) in [6.45, 7) is 2.12. The minimum Gasteiger partial charge on any atom is -0.481 e. The standard InChI is InChI=1S/C19H27N3O3/c1-3-4-16-13(20)5-7-17(25-16)15(23)11-12-9-10-21-14-6-8-18(24-2)22-19(12)14/h6,8-10,13,15-17,23H,3-5,7,11,20H2,1-2H3. The number of methoxy groups -OCH3 is 1. The smallest absolute Gasteiger partial charge is 0.213 e. The van der Waals surface area contributed by atoms with E-state index in [-0.39, 0.29) is 18.2 Å². The number of pyridine rings is 2. The van der Waals surface area contributed by atoms with Crippen molar-refractivity contribution in [3.8, 4) is 5.88 Å². The van der Waals surface area contributed by atoms with Gasteiger partial charge in [-0.25, -0.2) is 4.98 Å². The monoisotopic (exact) mass is 345 g/mol. The molecule has 3 heterocycles. The van der Waals surface area contributed by atoms with Crippen LogP contribution in [0.25, 0.3) is 11.0 Å². The maximum atomic E-state index is 10.7. The van der Waals surface area contributed by atoms with Crippen molar-refractivity contribution in [3.63, 3.8) is 0 Å². The number of hydrogen-bond donors (Lipinski definition) is 2. The van der Waals surface area contributed by atoms with Gasteiger partial charge in [0.15, 0.2) is 0 Å². The molecule has 2 aromatic heterocycles. The topological polar surface area (TPSA) is 90.5 Å². The fraction of sp³-hybridized carbons (Fsp3) is 0.579. The van der Waals surface area contributed by atoms with Crippen LogP contribution in [0.5, 0.6) is 5.88 Å². The Balaban J connectivity index is 1.76. The summed E-state index contributed by atoms with van der Waals surface area (Å²) >= 11 is 0. The third kappa shape index (κ3) is 4.08. The number of rotatable bonds is 6. The Morgan fingerprint density at radius 3 is 2.96 bits per heavy atom. The van der Waals surface area contributed by atoms with E-state index in [1.165, 1.54) is 0 Å². The maximum absolute atomic E-state index is 10.7. The normalized spacial score (nSPS) is 25.0. The molecule has 0 radical (unpaired) electrons. The summed E-state index contributed by atoms with van der Waals surface area (Å²) in [5, 5.41) is 10.7. The summed E-state index contributed by atoms with van der Waals surface area (Å²) in [5.74, 6) is 0.541. The number of ether oxygens (including phenoxy) is 2. The Hall–Kier alpha value is -1.76. The Bertz CT molecular complexity index is 709. The minimum absolute atomic E-state index is 0.0332. The second-order valence-corrected chi connectivity index (χ2v) is 6.71. The van der Waals surface area contributed by atoms with Crippen LogP contribution in [0.15, 0.2) is 24.4 Å². The molecule has 0 aliphatic carbocycles. The molecule has 0 aromatic carbocycles. The Labute approximate surface area is 148 Å². The summed E-state index contributed by atoms with van der Waals surface area (Å²) < 4.78 is 11.3. The molecule has 1 saturated heterocycles. The van der Waals surface area contributed by atoms with Gasteiger partial charge in [0, 0.05) is 24.7 Å². The van der Waals surface area contributed by atoms with E-state index in [4.69, 9.17) is 15.2 Å². The summed E-state index contributed by atoms with van der Waals surface area (Å²) in [6.07, 6.45) is 5.09. The van der Waals surface area contributed by atoms with Crippen LogP contribution in [0, 0.1) is 0 Å². The molecule has 1 aliphatic rings. The zero-order valence-electron chi connectivity index (χ0n) is 14.9. The highest BCUT2D eigenvalue weighted by Crippen LogP contribution is 2.26. The lowest BCUT2D eigenvalue weighted by atomic mass is 9.92. The molecular formula is C19H27N3O3. The van der Waals surface area contributed by atoms with E-state index < -0.39 is 6.10 Å². The molecule has 1 fully saturated rings. The van der Waals surface area contributed by atoms with Crippen LogP contribution < -0.4 is 10.5 Å². The van der Waals surface area contributed by atoms with Gasteiger partial charge in [0.1, 0.15) is 0 Å². The lowest BCUT2D eigenvalue weighted by molar-refractivity contribution is -0.114. The van der Waals surface area contributed by atoms with Gasteiger partial charge in [0.2, 0.25) is 5.88 Å². The number of aromatic nitrogens is 2. The first-order chi connectivity index (χ1) is 12.1. The summed E-state index contributed by atoms with van der Waals surface area (Å²) in [5.41, 5.74) is 8.65. The number of aliphatic hydroxyl groups excluding tert-OH is 1. The van der Waals surface area contributed by atoms with Crippen molar-refractivity contribution in [2.45, 2.75) is 63.4 Å². The number of nitrogens with two attached hydrogens (primary N) is 1. The molecule has 4 atom stereocenters. The second-order valence-electron chi connectivity index (χ2n) is 6.71. The van der Waals surface area contributed by atoms with Crippen LogP contribution in [0.4, 0.5) is 0 Å². The number of nitrogens with zero attached hydrogens (tertiary/aromatic N) is 2. The Kier molecular flexibility index (Phi) is 5.83. The quantitative estimate of drug-likeness (QED) is 0.834. The first-order valence-corrected chi connectivity index (χ1v) is 9.00. The average Bonchev–Trinajstić information content (AvgIpc) is 2.63. The summed E-state index contributed by atoms with van der Waals surface area (Å²) in [6, 6.07) is 5.63. The van der Waals surface area contributed by atoms with E-state index >= 15 is 0 Å². The van der Waals surface area contributed by atoms with Gasteiger partial charge in [-0.15, -0.1) is 0 Å².